The van der Waals surface area contributed by atoms with Gasteiger partial charge in [0.1, 0.15) is 0 Å². The minimum Gasteiger partial charge on any atom is -0.387 e. The fraction of sp³-hybridized carbons (Fsp3) is 0.562. The molecule has 0 aromatic heterocycles. The molecule has 1 amide bonds. The van der Waals surface area contributed by atoms with Crippen LogP contribution in [0.5, 0.6) is 0 Å². The number of nitrogens with one attached hydrogen (secondary N) is 2. The van der Waals surface area contributed by atoms with Crippen molar-refractivity contribution in [3.05, 3.63) is 28.8 Å². The van der Waals surface area contributed by atoms with Crippen molar-refractivity contribution in [1.29, 1.82) is 0 Å². The summed E-state index contributed by atoms with van der Waals surface area (Å²) in [7, 11) is 1.80. The van der Waals surface area contributed by atoms with Crippen LogP contribution in [0.4, 0.5) is 5.69 Å². The fourth-order valence-corrected chi connectivity index (χ4v) is 2.30. The van der Waals surface area contributed by atoms with Gasteiger partial charge in [-0.05, 0) is 37.5 Å². The normalized spacial score (nSPS) is 12.3. The maximum atomic E-state index is 12.3. The Morgan fingerprint density at radius 3 is 2.55 bits per heavy atom. The molecular weight excluding hydrogens is 272 g/mol. The van der Waals surface area contributed by atoms with Gasteiger partial charge in [0.05, 0.1) is 5.56 Å². The van der Waals surface area contributed by atoms with Crippen LogP contribution in [0.1, 0.15) is 50.4 Å². The van der Waals surface area contributed by atoms with Crippen molar-refractivity contribution in [3.8, 4) is 0 Å². The van der Waals surface area contributed by atoms with Crippen molar-refractivity contribution in [2.45, 2.75) is 46.1 Å². The van der Waals surface area contributed by atoms with Gasteiger partial charge >= 0.3 is 0 Å². The Labute approximate surface area is 127 Å². The second-order valence-corrected chi connectivity index (χ2v) is 6.08. The van der Waals surface area contributed by atoms with Gasteiger partial charge in [0.25, 0.3) is 5.91 Å². The van der Waals surface area contributed by atoms with E-state index in [4.69, 9.17) is 11.6 Å². The Kier molecular flexibility index (Phi) is 6.86. The number of carbonyl (C=O) groups excluding carboxylic acids is 1. The van der Waals surface area contributed by atoms with Crippen LogP contribution < -0.4 is 10.6 Å². The third-order valence-electron chi connectivity index (χ3n) is 3.29. The quantitative estimate of drug-likeness (QED) is 0.786. The van der Waals surface area contributed by atoms with Gasteiger partial charge in [-0.15, -0.1) is 0 Å². The predicted octanol–water partition coefficient (Wildman–Crippen LogP) is 4.33. The van der Waals surface area contributed by atoms with Gasteiger partial charge in [-0.2, -0.15) is 0 Å². The minimum atomic E-state index is -0.0751. The van der Waals surface area contributed by atoms with Crippen molar-refractivity contribution in [2.75, 3.05) is 12.4 Å². The summed E-state index contributed by atoms with van der Waals surface area (Å²) in [5.41, 5.74) is 1.39. The van der Waals surface area contributed by atoms with Crippen molar-refractivity contribution >= 4 is 23.2 Å². The molecular formula is C16H25ClN2O. The van der Waals surface area contributed by atoms with Gasteiger partial charge in [-0.1, -0.05) is 38.3 Å². The Morgan fingerprint density at radius 1 is 1.25 bits per heavy atom. The van der Waals surface area contributed by atoms with Gasteiger partial charge < -0.3 is 10.6 Å². The first-order valence-corrected chi connectivity index (χ1v) is 7.60. The third kappa shape index (κ3) is 5.41. The van der Waals surface area contributed by atoms with Crippen LogP contribution >= 0.6 is 11.6 Å². The first-order chi connectivity index (χ1) is 9.43. The van der Waals surface area contributed by atoms with Crippen LogP contribution in [0.3, 0.4) is 0 Å². The molecule has 0 aliphatic carbocycles. The summed E-state index contributed by atoms with van der Waals surface area (Å²) in [4.78, 5) is 12.3. The second kappa shape index (κ2) is 8.15. The van der Waals surface area contributed by atoms with E-state index >= 15 is 0 Å². The molecule has 1 aromatic carbocycles. The molecule has 0 fully saturated rings. The summed E-state index contributed by atoms with van der Waals surface area (Å²) in [5, 5.41) is 6.62. The molecule has 1 atom stereocenters. The maximum absolute atomic E-state index is 12.3. The largest absolute Gasteiger partial charge is 0.387 e. The van der Waals surface area contributed by atoms with E-state index < -0.39 is 0 Å². The molecule has 20 heavy (non-hydrogen) atoms. The van der Waals surface area contributed by atoms with Gasteiger partial charge in [0, 0.05) is 23.8 Å². The van der Waals surface area contributed by atoms with Crippen LogP contribution in [0.25, 0.3) is 0 Å². The zero-order valence-corrected chi connectivity index (χ0v) is 13.6. The van der Waals surface area contributed by atoms with Crippen LogP contribution in [0.2, 0.25) is 5.02 Å². The smallest absolute Gasteiger partial charge is 0.253 e. The van der Waals surface area contributed by atoms with Crippen LogP contribution in [0, 0.1) is 5.92 Å². The number of hydrogen-bond acceptors (Lipinski definition) is 2. The molecule has 2 N–H and O–H groups in total. The van der Waals surface area contributed by atoms with E-state index in [1.165, 1.54) is 6.42 Å². The molecule has 0 aliphatic rings. The molecule has 0 radical (unpaired) electrons. The first kappa shape index (κ1) is 16.8. The average Bonchev–Trinajstić information content (AvgIpc) is 2.38. The number of anilines is 1. The first-order valence-electron chi connectivity index (χ1n) is 7.22. The molecule has 1 rings (SSSR count). The van der Waals surface area contributed by atoms with E-state index in [1.807, 2.05) is 13.0 Å². The number of benzene rings is 1. The molecule has 4 heteroatoms. The zero-order valence-electron chi connectivity index (χ0n) is 12.8. The number of hydrogen-bond donors (Lipinski definition) is 2. The van der Waals surface area contributed by atoms with E-state index in [1.54, 1.807) is 19.2 Å². The highest BCUT2D eigenvalue weighted by molar-refractivity contribution is 6.31. The highest BCUT2D eigenvalue weighted by Gasteiger charge is 2.14. The Hall–Kier alpha value is -1.22. The maximum Gasteiger partial charge on any atom is 0.253 e. The van der Waals surface area contributed by atoms with E-state index in [0.717, 1.165) is 18.5 Å². The van der Waals surface area contributed by atoms with Gasteiger partial charge in [-0.3, -0.25) is 4.79 Å². The lowest BCUT2D eigenvalue weighted by Gasteiger charge is -2.16. The van der Waals surface area contributed by atoms with E-state index in [0.29, 0.717) is 16.5 Å². The highest BCUT2D eigenvalue weighted by Crippen LogP contribution is 2.20. The fourth-order valence-electron chi connectivity index (χ4n) is 2.13. The lowest BCUT2D eigenvalue weighted by Crippen LogP contribution is -2.33. The number of rotatable bonds is 7. The lowest BCUT2D eigenvalue weighted by molar-refractivity contribution is 0.0938. The summed E-state index contributed by atoms with van der Waals surface area (Å²) in [6, 6.07) is 5.46. The molecule has 112 valence electrons. The van der Waals surface area contributed by atoms with Gasteiger partial charge in [0.2, 0.25) is 0 Å². The van der Waals surface area contributed by atoms with E-state index in [9.17, 15) is 4.79 Å². The lowest BCUT2D eigenvalue weighted by atomic mass is 10.0. The molecule has 0 aliphatic heterocycles. The number of amides is 1. The molecule has 1 unspecified atom stereocenters. The van der Waals surface area contributed by atoms with Crippen molar-refractivity contribution in [2.24, 2.45) is 5.92 Å². The van der Waals surface area contributed by atoms with Crippen LogP contribution in [-0.2, 0) is 0 Å². The molecule has 0 bridgehead atoms. The minimum absolute atomic E-state index is 0.0751. The summed E-state index contributed by atoms with van der Waals surface area (Å²) in [6.45, 7) is 6.48. The van der Waals surface area contributed by atoms with Crippen molar-refractivity contribution in [3.63, 3.8) is 0 Å². The highest BCUT2D eigenvalue weighted by atomic mass is 35.5. The standard InChI is InChI=1S/C16H25ClN2O/c1-11(2)6-5-7-12(3)19-16(20)14-10-13(17)8-9-15(14)18-4/h8-12,18H,5-7H2,1-4H3,(H,19,20). The Bertz CT molecular complexity index is 446. The van der Waals surface area contributed by atoms with Gasteiger partial charge in [0.15, 0.2) is 0 Å². The van der Waals surface area contributed by atoms with Gasteiger partial charge in [-0.25, -0.2) is 0 Å². The summed E-state index contributed by atoms with van der Waals surface area (Å²) in [6.07, 6.45) is 3.33. The molecule has 1 aromatic rings. The van der Waals surface area contributed by atoms with Crippen molar-refractivity contribution in [1.82, 2.24) is 5.32 Å². The molecule has 3 nitrogen and oxygen atoms in total. The van der Waals surface area contributed by atoms with E-state index in [-0.39, 0.29) is 11.9 Å². The summed E-state index contributed by atoms with van der Waals surface area (Å²) in [5.74, 6) is 0.635. The monoisotopic (exact) mass is 296 g/mol. The predicted molar refractivity (Wildman–Crippen MR) is 86.6 cm³/mol. The molecule has 0 heterocycles. The zero-order chi connectivity index (χ0) is 15.1. The van der Waals surface area contributed by atoms with Crippen LogP contribution in [0.15, 0.2) is 18.2 Å². The Morgan fingerprint density at radius 2 is 1.95 bits per heavy atom. The topological polar surface area (TPSA) is 41.1 Å². The number of halogens is 1. The average molecular weight is 297 g/mol. The molecule has 0 saturated heterocycles. The summed E-state index contributed by atoms with van der Waals surface area (Å²) >= 11 is 5.97. The third-order valence-corrected chi connectivity index (χ3v) is 3.53. The van der Waals surface area contributed by atoms with Crippen LogP contribution in [-0.4, -0.2) is 19.0 Å². The second-order valence-electron chi connectivity index (χ2n) is 5.64. The van der Waals surface area contributed by atoms with Crippen molar-refractivity contribution < 1.29 is 4.79 Å². The SMILES string of the molecule is CNc1ccc(Cl)cc1C(=O)NC(C)CCCC(C)C. The summed E-state index contributed by atoms with van der Waals surface area (Å²) < 4.78 is 0. The molecule has 0 spiro atoms. The molecule has 0 saturated carbocycles. The number of carbonyl (C=O) groups is 1. The van der Waals surface area contributed by atoms with E-state index in [2.05, 4.69) is 24.5 Å². The Balaban J connectivity index is 2.59.